The van der Waals surface area contributed by atoms with Crippen LogP contribution in [0.25, 0.3) is 6.08 Å². The number of benzene rings is 2. The average molecular weight is 422 g/mol. The minimum absolute atomic E-state index is 0.134. The summed E-state index contributed by atoms with van der Waals surface area (Å²) < 4.78 is 5.95. The summed E-state index contributed by atoms with van der Waals surface area (Å²) in [4.78, 5) is 12.8. The maximum absolute atomic E-state index is 12.8. The van der Waals surface area contributed by atoms with E-state index in [1.807, 2.05) is 24.3 Å². The number of ether oxygens (including phenoxy) is 1. The standard InChI is InChI=1S/C18H14BrClN2O3/c1-10-14(6-11-7-15(20)17(23)16(8-11)25-2)18(24)22(21-10)13-5-3-4-12(19)9-13/h3-9,23H,1-2H3/b14-6+. The minimum Gasteiger partial charge on any atom is -0.503 e. The SMILES string of the molecule is COc1cc(/C=C2/C(=O)N(c3cccc(Br)c3)N=C2C)cc(Cl)c1O. The minimum atomic E-state index is -0.237. The summed E-state index contributed by atoms with van der Waals surface area (Å²) in [6, 6.07) is 10.5. The zero-order chi connectivity index (χ0) is 18.1. The molecule has 128 valence electrons. The lowest BCUT2D eigenvalue weighted by Gasteiger charge is -2.12. The van der Waals surface area contributed by atoms with Crippen molar-refractivity contribution in [2.75, 3.05) is 12.1 Å². The molecule has 0 aromatic heterocycles. The number of methoxy groups -OCH3 is 1. The van der Waals surface area contributed by atoms with E-state index in [-0.39, 0.29) is 22.4 Å². The predicted molar refractivity (Wildman–Crippen MR) is 102 cm³/mol. The first-order valence-corrected chi connectivity index (χ1v) is 8.51. The van der Waals surface area contributed by atoms with E-state index < -0.39 is 0 Å². The van der Waals surface area contributed by atoms with Gasteiger partial charge in [-0.05, 0) is 48.9 Å². The Morgan fingerprint density at radius 2 is 2.08 bits per heavy atom. The Kier molecular flexibility index (Phi) is 4.83. The zero-order valence-electron chi connectivity index (χ0n) is 13.5. The van der Waals surface area contributed by atoms with Crippen LogP contribution in [0.15, 0.2) is 51.5 Å². The second kappa shape index (κ2) is 6.90. The summed E-state index contributed by atoms with van der Waals surface area (Å²) in [7, 11) is 1.44. The van der Waals surface area contributed by atoms with Crippen molar-refractivity contribution in [3.63, 3.8) is 0 Å². The third kappa shape index (κ3) is 3.41. The fourth-order valence-electron chi connectivity index (χ4n) is 2.47. The summed E-state index contributed by atoms with van der Waals surface area (Å²) in [5.74, 6) is -0.132. The van der Waals surface area contributed by atoms with Crippen LogP contribution < -0.4 is 9.75 Å². The summed E-state index contributed by atoms with van der Waals surface area (Å²) in [6.07, 6.45) is 1.67. The second-order valence-corrected chi connectivity index (χ2v) is 6.72. The highest BCUT2D eigenvalue weighted by Gasteiger charge is 2.28. The molecule has 1 amide bonds. The highest BCUT2D eigenvalue weighted by molar-refractivity contribution is 9.10. The highest BCUT2D eigenvalue weighted by Crippen LogP contribution is 2.36. The third-order valence-corrected chi connectivity index (χ3v) is 4.48. The number of carbonyl (C=O) groups is 1. The van der Waals surface area contributed by atoms with Gasteiger partial charge in [0.05, 0.1) is 29.1 Å². The Hall–Kier alpha value is -2.31. The fraction of sp³-hybridized carbons (Fsp3) is 0.111. The molecule has 0 radical (unpaired) electrons. The van der Waals surface area contributed by atoms with Crippen LogP contribution in [0.3, 0.4) is 0 Å². The van der Waals surface area contributed by atoms with Gasteiger partial charge >= 0.3 is 0 Å². The van der Waals surface area contributed by atoms with Crippen molar-refractivity contribution in [1.82, 2.24) is 0 Å². The molecule has 0 atom stereocenters. The van der Waals surface area contributed by atoms with Gasteiger partial charge in [0.2, 0.25) is 0 Å². The first-order valence-electron chi connectivity index (χ1n) is 7.34. The van der Waals surface area contributed by atoms with E-state index >= 15 is 0 Å². The monoisotopic (exact) mass is 420 g/mol. The number of hydrogen-bond donors (Lipinski definition) is 1. The molecule has 2 aromatic carbocycles. The van der Waals surface area contributed by atoms with E-state index in [0.717, 1.165) is 4.47 Å². The van der Waals surface area contributed by atoms with E-state index in [4.69, 9.17) is 16.3 Å². The topological polar surface area (TPSA) is 62.1 Å². The van der Waals surface area contributed by atoms with Crippen molar-refractivity contribution in [3.05, 3.63) is 57.0 Å². The lowest BCUT2D eigenvalue weighted by molar-refractivity contribution is -0.114. The molecule has 3 rings (SSSR count). The van der Waals surface area contributed by atoms with E-state index in [1.54, 1.807) is 25.1 Å². The molecule has 25 heavy (non-hydrogen) atoms. The Labute approximate surface area is 158 Å². The van der Waals surface area contributed by atoms with Crippen LogP contribution in [0.4, 0.5) is 5.69 Å². The van der Waals surface area contributed by atoms with Crippen LogP contribution in [0.1, 0.15) is 12.5 Å². The fourth-order valence-corrected chi connectivity index (χ4v) is 3.07. The smallest absolute Gasteiger partial charge is 0.280 e. The van der Waals surface area contributed by atoms with Gasteiger partial charge in [0, 0.05) is 4.47 Å². The number of hydrazone groups is 1. The number of hydrogen-bond acceptors (Lipinski definition) is 4. The number of nitrogens with zero attached hydrogens (tertiary/aromatic N) is 2. The number of rotatable bonds is 3. The third-order valence-electron chi connectivity index (χ3n) is 3.70. The van der Waals surface area contributed by atoms with Gasteiger partial charge in [0.15, 0.2) is 11.5 Å². The second-order valence-electron chi connectivity index (χ2n) is 5.39. The molecule has 0 saturated heterocycles. The number of carbonyl (C=O) groups excluding carboxylic acids is 1. The predicted octanol–water partition coefficient (Wildman–Crippen LogP) is 4.62. The van der Waals surface area contributed by atoms with E-state index in [1.165, 1.54) is 12.1 Å². The van der Waals surface area contributed by atoms with Gasteiger partial charge in [-0.15, -0.1) is 0 Å². The van der Waals surface area contributed by atoms with Crippen molar-refractivity contribution >= 4 is 50.9 Å². The molecular weight excluding hydrogens is 408 g/mol. The Bertz CT molecular complexity index is 925. The number of phenols is 1. The Morgan fingerprint density at radius 1 is 1.32 bits per heavy atom. The number of amides is 1. The van der Waals surface area contributed by atoms with Crippen molar-refractivity contribution in [2.45, 2.75) is 6.92 Å². The van der Waals surface area contributed by atoms with Gasteiger partial charge in [0.1, 0.15) is 0 Å². The highest BCUT2D eigenvalue weighted by atomic mass is 79.9. The molecule has 0 fully saturated rings. The molecule has 1 aliphatic rings. The molecule has 1 aliphatic heterocycles. The van der Waals surface area contributed by atoms with Crippen LogP contribution >= 0.6 is 27.5 Å². The summed E-state index contributed by atoms with van der Waals surface area (Å²) in [5.41, 5.74) is 2.34. The van der Waals surface area contributed by atoms with Crippen LogP contribution in [0.2, 0.25) is 5.02 Å². The molecule has 0 unspecified atom stereocenters. The maximum atomic E-state index is 12.8. The Balaban J connectivity index is 1.99. The first kappa shape index (κ1) is 17.5. The summed E-state index contributed by atoms with van der Waals surface area (Å²) in [6.45, 7) is 1.76. The van der Waals surface area contributed by atoms with Gasteiger partial charge in [0.25, 0.3) is 5.91 Å². The summed E-state index contributed by atoms with van der Waals surface area (Å²) >= 11 is 9.40. The molecular formula is C18H14BrClN2O3. The number of phenolic OH excluding ortho intramolecular Hbond substituents is 1. The Morgan fingerprint density at radius 3 is 2.76 bits per heavy atom. The number of halogens is 2. The normalized spacial score (nSPS) is 15.7. The van der Waals surface area contributed by atoms with Crippen LogP contribution in [0, 0.1) is 0 Å². The van der Waals surface area contributed by atoms with Crippen LogP contribution in [0.5, 0.6) is 11.5 Å². The van der Waals surface area contributed by atoms with E-state index in [0.29, 0.717) is 22.5 Å². The van der Waals surface area contributed by atoms with Gasteiger partial charge in [-0.3, -0.25) is 4.79 Å². The zero-order valence-corrected chi connectivity index (χ0v) is 15.8. The number of anilines is 1. The van der Waals surface area contributed by atoms with Crippen molar-refractivity contribution in [1.29, 1.82) is 0 Å². The molecule has 0 bridgehead atoms. The molecule has 0 spiro atoms. The van der Waals surface area contributed by atoms with Gasteiger partial charge in [-0.25, -0.2) is 0 Å². The average Bonchev–Trinajstić information content (AvgIpc) is 2.86. The molecule has 0 aliphatic carbocycles. The first-order chi connectivity index (χ1) is 11.9. The quantitative estimate of drug-likeness (QED) is 0.735. The molecule has 5 nitrogen and oxygen atoms in total. The number of aromatic hydroxyl groups is 1. The maximum Gasteiger partial charge on any atom is 0.280 e. The van der Waals surface area contributed by atoms with Crippen LogP contribution in [-0.4, -0.2) is 23.8 Å². The molecule has 1 N–H and O–H groups in total. The van der Waals surface area contributed by atoms with E-state index in [2.05, 4.69) is 21.0 Å². The molecule has 0 saturated carbocycles. The van der Waals surface area contributed by atoms with Crippen molar-refractivity contribution in [3.8, 4) is 11.5 Å². The van der Waals surface area contributed by atoms with Crippen LogP contribution in [-0.2, 0) is 4.79 Å². The molecule has 2 aromatic rings. The molecule has 7 heteroatoms. The lowest BCUT2D eigenvalue weighted by Crippen LogP contribution is -2.21. The van der Waals surface area contributed by atoms with Gasteiger partial charge in [-0.2, -0.15) is 10.1 Å². The van der Waals surface area contributed by atoms with Crippen molar-refractivity contribution < 1.29 is 14.6 Å². The largest absolute Gasteiger partial charge is 0.503 e. The van der Waals surface area contributed by atoms with Crippen molar-refractivity contribution in [2.24, 2.45) is 5.10 Å². The van der Waals surface area contributed by atoms with Gasteiger partial charge in [-0.1, -0.05) is 33.6 Å². The van der Waals surface area contributed by atoms with Gasteiger partial charge < -0.3 is 9.84 Å². The molecule has 1 heterocycles. The summed E-state index contributed by atoms with van der Waals surface area (Å²) in [5, 5.41) is 15.7. The van der Waals surface area contributed by atoms with E-state index in [9.17, 15) is 9.90 Å². The lowest BCUT2D eigenvalue weighted by atomic mass is 10.1.